The van der Waals surface area contributed by atoms with Gasteiger partial charge in [0, 0.05) is 0 Å². The van der Waals surface area contributed by atoms with Crippen LogP contribution < -0.4 is 0 Å². The molecule has 0 aliphatic rings. The molecule has 0 bridgehead atoms. The van der Waals surface area contributed by atoms with Crippen molar-refractivity contribution in [2.45, 2.75) is 59.5 Å². The molecule has 58 heavy (non-hydrogen) atoms. The molecular weight excluding hydrogens is 839 g/mol. The maximum atomic E-state index is 2.34. The van der Waals surface area contributed by atoms with Crippen molar-refractivity contribution in [2.75, 3.05) is 0 Å². The zero-order valence-corrected chi connectivity index (χ0v) is 39.9. The molecule has 0 heterocycles. The topological polar surface area (TPSA) is 0 Å². The monoisotopic (exact) mass is 891 g/mol. The van der Waals surface area contributed by atoms with E-state index in [1.54, 1.807) is 23.3 Å². The fourth-order valence-electron chi connectivity index (χ4n) is 7.18. The third kappa shape index (κ3) is 12.0. The third-order valence-corrected chi connectivity index (χ3v) is 10.0. The fourth-order valence-corrected chi connectivity index (χ4v) is 7.18. The SMILES string of the molecule is CC(C)c1cc2c(-c3ccccc3)cccc2[cH-]1.CC(C)c1cc2c(-c3ccccc3)cccc2[cH-]1.C[Si](C)=[Zr].Cc1cc2c(-c3ccccc3)cccc2[cH-]1.Cl.Cl. The number of fused-ring (bicyclic) bond motifs is 3. The predicted molar refractivity (Wildman–Crippen MR) is 260 cm³/mol. The standard InChI is InChI=1S/2C18H17.C16H13.C2H6Si.2ClH.Zr/c2*1-13(2)16-11-15-9-6-10-17(18(15)12-16)14-7-4-3-5-8-14;1-12-10-14-8-5-9-15(16(14)11-12)13-6-3-2-4-7-13;1-3-2;;;/h2*3-13H,1-2H3;2-11H,1H3;1-2H3;2*1H;/q3*-1;;;;. The van der Waals surface area contributed by atoms with Crippen LogP contribution in [0.15, 0.2) is 182 Å². The van der Waals surface area contributed by atoms with E-state index in [0.717, 1.165) is 0 Å². The van der Waals surface area contributed by atoms with Crippen LogP contribution >= 0.6 is 24.8 Å². The van der Waals surface area contributed by atoms with Crippen molar-refractivity contribution in [3.8, 4) is 33.4 Å². The molecule has 0 aliphatic carbocycles. The van der Waals surface area contributed by atoms with Gasteiger partial charge in [-0.1, -0.05) is 161 Å². The Morgan fingerprint density at radius 3 is 1.02 bits per heavy atom. The van der Waals surface area contributed by atoms with Gasteiger partial charge < -0.3 is 0 Å². The van der Waals surface area contributed by atoms with Crippen LogP contribution in [0.3, 0.4) is 0 Å². The summed E-state index contributed by atoms with van der Waals surface area (Å²) in [6.07, 6.45) is 0. The summed E-state index contributed by atoms with van der Waals surface area (Å²) in [5.74, 6) is 1.17. The van der Waals surface area contributed by atoms with Gasteiger partial charge in [-0.05, 0) is 28.5 Å². The molecule has 0 atom stereocenters. The van der Waals surface area contributed by atoms with Crippen LogP contribution in [0.2, 0.25) is 13.1 Å². The number of hydrogen-bond donors (Lipinski definition) is 0. The summed E-state index contributed by atoms with van der Waals surface area (Å²) in [4.78, 5) is 0. The molecule has 0 spiro atoms. The first-order valence-electron chi connectivity index (χ1n) is 19.8. The first kappa shape index (κ1) is 46.5. The minimum absolute atomic E-state index is 0. The Hall–Kier alpha value is -4.17. The van der Waals surface area contributed by atoms with Gasteiger partial charge in [-0.2, -0.15) is 18.2 Å². The van der Waals surface area contributed by atoms with Crippen molar-refractivity contribution in [1.82, 2.24) is 0 Å². The van der Waals surface area contributed by atoms with Crippen LogP contribution in [0.5, 0.6) is 0 Å². The fraction of sp³-hybridized carbons (Fsp3) is 0.167. The van der Waals surface area contributed by atoms with Gasteiger partial charge in [-0.25, -0.2) is 0 Å². The van der Waals surface area contributed by atoms with Crippen molar-refractivity contribution < 1.29 is 23.3 Å². The van der Waals surface area contributed by atoms with E-state index in [-0.39, 0.29) is 30.2 Å². The van der Waals surface area contributed by atoms with Crippen LogP contribution in [0.4, 0.5) is 0 Å². The molecule has 0 unspecified atom stereocenters. The molecule has 0 N–H and O–H groups in total. The van der Waals surface area contributed by atoms with Crippen LogP contribution in [-0.4, -0.2) is 5.43 Å². The van der Waals surface area contributed by atoms with Gasteiger partial charge in [0.15, 0.2) is 0 Å². The van der Waals surface area contributed by atoms with Gasteiger partial charge in [0.1, 0.15) is 0 Å². The molecule has 0 aliphatic heterocycles. The molecule has 0 nitrogen and oxygen atoms in total. The normalized spacial score (nSPS) is 10.4. The average molecular weight is 894 g/mol. The summed E-state index contributed by atoms with van der Waals surface area (Å²) in [7, 11) is 0. The average Bonchev–Trinajstić information content (AvgIpc) is 3.95. The molecule has 0 fully saturated rings. The van der Waals surface area contributed by atoms with Gasteiger partial charge in [-0.3, -0.25) is 0 Å². The molecule has 0 amide bonds. The molecule has 0 saturated carbocycles. The van der Waals surface area contributed by atoms with Gasteiger partial charge in [0.2, 0.25) is 0 Å². The summed E-state index contributed by atoms with van der Waals surface area (Å²) < 4.78 is 0. The van der Waals surface area contributed by atoms with Crippen molar-refractivity contribution in [3.63, 3.8) is 0 Å². The molecule has 0 aromatic heterocycles. The minimum Gasteiger partial charge on any atom is -0.165 e. The molecular formula is C54H55Cl2SiZr-3. The van der Waals surface area contributed by atoms with Gasteiger partial charge in [0.05, 0.1) is 0 Å². The van der Waals surface area contributed by atoms with Crippen LogP contribution in [0, 0.1) is 6.92 Å². The molecule has 9 aromatic carbocycles. The third-order valence-electron chi connectivity index (χ3n) is 10.0. The van der Waals surface area contributed by atoms with E-state index in [1.165, 1.54) is 82.4 Å². The van der Waals surface area contributed by atoms with E-state index in [4.69, 9.17) is 0 Å². The Bertz CT molecular complexity index is 2500. The summed E-state index contributed by atoms with van der Waals surface area (Å²) in [5, 5.41) is 8.12. The maximum absolute atomic E-state index is 2.34. The summed E-state index contributed by atoms with van der Waals surface area (Å²) in [5.41, 5.74) is 12.3. The van der Waals surface area contributed by atoms with E-state index in [1.807, 2.05) is 0 Å². The number of benzene rings is 6. The zero-order chi connectivity index (χ0) is 39.6. The van der Waals surface area contributed by atoms with Crippen molar-refractivity contribution in [3.05, 3.63) is 199 Å². The van der Waals surface area contributed by atoms with Crippen LogP contribution in [0.1, 0.15) is 56.2 Å². The van der Waals surface area contributed by atoms with E-state index in [0.29, 0.717) is 11.8 Å². The minimum atomic E-state index is 0. The maximum Gasteiger partial charge on any atom is -0.0279 e. The van der Waals surface area contributed by atoms with Gasteiger partial charge in [-0.15, -0.1) is 128 Å². The van der Waals surface area contributed by atoms with E-state index < -0.39 is 0 Å². The summed E-state index contributed by atoms with van der Waals surface area (Å²) >= 11 is 1.74. The Morgan fingerprint density at radius 1 is 0.414 bits per heavy atom. The summed E-state index contributed by atoms with van der Waals surface area (Å²) in [6, 6.07) is 65.2. The number of rotatable bonds is 5. The molecule has 9 rings (SSSR count). The molecule has 296 valence electrons. The smallest absolute Gasteiger partial charge is 0.0279 e. The second-order valence-electron chi connectivity index (χ2n) is 15.4. The number of hydrogen-bond acceptors (Lipinski definition) is 0. The molecule has 0 radical (unpaired) electrons. The Morgan fingerprint density at radius 2 is 0.707 bits per heavy atom. The Balaban J connectivity index is 0.000000181. The Labute approximate surface area is 374 Å². The first-order chi connectivity index (χ1) is 27.1. The van der Waals surface area contributed by atoms with E-state index >= 15 is 0 Å². The quantitative estimate of drug-likeness (QED) is 0.119. The molecule has 9 aromatic rings. The second-order valence-corrected chi connectivity index (χ2v) is 24.8. The first-order valence-corrected chi connectivity index (χ1v) is 26.0. The Kier molecular flexibility index (Phi) is 17.9. The van der Waals surface area contributed by atoms with Crippen molar-refractivity contribution in [2.24, 2.45) is 0 Å². The molecule has 4 heteroatoms. The number of aryl methyl sites for hydroxylation is 1. The van der Waals surface area contributed by atoms with Crippen molar-refractivity contribution >= 4 is 62.6 Å². The second kappa shape index (κ2) is 22.3. The van der Waals surface area contributed by atoms with Crippen LogP contribution in [0.25, 0.3) is 65.7 Å². The van der Waals surface area contributed by atoms with Gasteiger partial charge in [0.25, 0.3) is 0 Å². The predicted octanol–water partition coefficient (Wildman–Crippen LogP) is 16.9. The zero-order valence-electron chi connectivity index (χ0n) is 34.8. The van der Waals surface area contributed by atoms with E-state index in [2.05, 4.69) is 230 Å². The summed E-state index contributed by atoms with van der Waals surface area (Å²) in [6.45, 7) is 15.8. The van der Waals surface area contributed by atoms with Crippen molar-refractivity contribution in [1.29, 1.82) is 0 Å². The van der Waals surface area contributed by atoms with E-state index in [9.17, 15) is 0 Å². The van der Waals surface area contributed by atoms with Gasteiger partial charge >= 0.3 is 41.9 Å². The number of halogens is 2. The molecule has 0 saturated heterocycles. The van der Waals surface area contributed by atoms with Crippen LogP contribution in [-0.2, 0) is 23.3 Å². The largest absolute Gasteiger partial charge is 0.165 e.